The van der Waals surface area contributed by atoms with Crippen LogP contribution in [0.1, 0.15) is 33.9 Å². The first-order valence-electron chi connectivity index (χ1n) is 9.90. The van der Waals surface area contributed by atoms with Crippen LogP contribution in [0.25, 0.3) is 0 Å². The summed E-state index contributed by atoms with van der Waals surface area (Å²) < 4.78 is 32.8. The normalized spacial score (nSPS) is 11.9. The number of nitrogens with one attached hydrogen (secondary N) is 2. The average Bonchev–Trinajstić information content (AvgIpc) is 2.80. The van der Waals surface area contributed by atoms with Gasteiger partial charge in [0.05, 0.1) is 24.5 Å². The Hall–Kier alpha value is -3.65. The Morgan fingerprint density at radius 1 is 0.938 bits per heavy atom. The number of anilines is 1. The summed E-state index contributed by atoms with van der Waals surface area (Å²) in [6.07, 6.45) is -0.0563. The minimum atomic E-state index is -3.89. The minimum absolute atomic E-state index is 0.0463. The van der Waals surface area contributed by atoms with Crippen LogP contribution < -0.4 is 10.0 Å². The van der Waals surface area contributed by atoms with Gasteiger partial charge in [0.15, 0.2) is 0 Å². The molecular formula is C24H24N2O5S. The molecule has 1 amide bonds. The van der Waals surface area contributed by atoms with Gasteiger partial charge in [0.1, 0.15) is 0 Å². The number of methoxy groups -OCH3 is 1. The van der Waals surface area contributed by atoms with Gasteiger partial charge in [-0.1, -0.05) is 54.1 Å². The maximum absolute atomic E-state index is 12.9. The van der Waals surface area contributed by atoms with E-state index in [-0.39, 0.29) is 16.9 Å². The van der Waals surface area contributed by atoms with Crippen molar-refractivity contribution in [3.05, 3.63) is 95.6 Å². The molecule has 0 bridgehead atoms. The standard InChI is InChI=1S/C24H24N2O5S/c1-17-11-13-20(14-12-17)26-32(29,30)21-10-6-9-19(15-21)24(28)25-22(16-23(27)31-2)18-7-4-3-5-8-18/h3-15,22,26H,16H2,1-2H3,(H,25,28). The van der Waals surface area contributed by atoms with Crippen molar-refractivity contribution in [3.63, 3.8) is 0 Å². The van der Waals surface area contributed by atoms with Crippen LogP contribution in [0.3, 0.4) is 0 Å². The van der Waals surface area contributed by atoms with Crippen molar-refractivity contribution in [1.29, 1.82) is 0 Å². The molecule has 2 N–H and O–H groups in total. The van der Waals surface area contributed by atoms with Crippen molar-refractivity contribution < 1.29 is 22.7 Å². The second-order valence-corrected chi connectivity index (χ2v) is 8.90. The smallest absolute Gasteiger partial charge is 0.307 e. The summed E-state index contributed by atoms with van der Waals surface area (Å²) in [6.45, 7) is 1.91. The summed E-state index contributed by atoms with van der Waals surface area (Å²) in [6, 6.07) is 21.0. The molecule has 0 radical (unpaired) electrons. The first-order valence-corrected chi connectivity index (χ1v) is 11.4. The summed E-state index contributed by atoms with van der Waals surface area (Å²) >= 11 is 0. The second-order valence-electron chi connectivity index (χ2n) is 7.22. The van der Waals surface area contributed by atoms with Gasteiger partial charge < -0.3 is 10.1 Å². The Morgan fingerprint density at radius 2 is 1.62 bits per heavy atom. The maximum atomic E-state index is 12.9. The molecule has 1 unspecified atom stereocenters. The minimum Gasteiger partial charge on any atom is -0.469 e. The molecular weight excluding hydrogens is 428 g/mol. The van der Waals surface area contributed by atoms with E-state index >= 15 is 0 Å². The third-order valence-corrected chi connectivity index (χ3v) is 6.20. The van der Waals surface area contributed by atoms with Crippen LogP contribution in [0.4, 0.5) is 5.69 Å². The number of carbonyl (C=O) groups is 2. The van der Waals surface area contributed by atoms with Gasteiger partial charge in [-0.3, -0.25) is 14.3 Å². The number of aryl methyl sites for hydroxylation is 1. The third kappa shape index (κ3) is 5.95. The lowest BCUT2D eigenvalue weighted by molar-refractivity contribution is -0.141. The molecule has 0 heterocycles. The highest BCUT2D eigenvalue weighted by molar-refractivity contribution is 7.92. The highest BCUT2D eigenvalue weighted by Gasteiger charge is 2.21. The monoisotopic (exact) mass is 452 g/mol. The number of amides is 1. The first-order chi connectivity index (χ1) is 15.3. The zero-order valence-electron chi connectivity index (χ0n) is 17.7. The van der Waals surface area contributed by atoms with Crippen molar-refractivity contribution in [3.8, 4) is 0 Å². The summed E-state index contributed by atoms with van der Waals surface area (Å²) in [7, 11) is -2.61. The van der Waals surface area contributed by atoms with Gasteiger partial charge in [-0.2, -0.15) is 0 Å². The van der Waals surface area contributed by atoms with Crippen molar-refractivity contribution in [2.45, 2.75) is 24.3 Å². The number of hydrogen-bond donors (Lipinski definition) is 2. The molecule has 0 saturated heterocycles. The highest BCUT2D eigenvalue weighted by atomic mass is 32.2. The Bertz CT molecular complexity index is 1190. The van der Waals surface area contributed by atoms with Crippen molar-refractivity contribution in [2.75, 3.05) is 11.8 Å². The van der Waals surface area contributed by atoms with Crippen LogP contribution in [0.2, 0.25) is 0 Å². The Morgan fingerprint density at radius 3 is 2.28 bits per heavy atom. The van der Waals surface area contributed by atoms with Gasteiger partial charge in [-0.15, -0.1) is 0 Å². The molecule has 3 rings (SSSR count). The van der Waals surface area contributed by atoms with E-state index in [1.807, 2.05) is 13.0 Å². The highest BCUT2D eigenvalue weighted by Crippen LogP contribution is 2.20. The van der Waals surface area contributed by atoms with E-state index in [9.17, 15) is 18.0 Å². The quantitative estimate of drug-likeness (QED) is 0.506. The SMILES string of the molecule is COC(=O)CC(NC(=O)c1cccc(S(=O)(=O)Nc2ccc(C)cc2)c1)c1ccccc1. The van der Waals surface area contributed by atoms with Gasteiger partial charge in [0.25, 0.3) is 15.9 Å². The van der Waals surface area contributed by atoms with E-state index in [0.29, 0.717) is 5.69 Å². The zero-order valence-corrected chi connectivity index (χ0v) is 18.6. The number of carbonyl (C=O) groups excluding carboxylic acids is 2. The van der Waals surface area contributed by atoms with E-state index in [2.05, 4.69) is 10.0 Å². The first kappa shape index (κ1) is 23.0. The van der Waals surface area contributed by atoms with Gasteiger partial charge in [-0.25, -0.2) is 8.42 Å². The Balaban J connectivity index is 1.81. The molecule has 32 heavy (non-hydrogen) atoms. The molecule has 0 aliphatic carbocycles. The average molecular weight is 453 g/mol. The van der Waals surface area contributed by atoms with Crippen LogP contribution in [0.15, 0.2) is 83.8 Å². The summed E-state index contributed by atoms with van der Waals surface area (Å²) in [5, 5.41) is 2.79. The van der Waals surface area contributed by atoms with E-state index in [4.69, 9.17) is 4.74 Å². The van der Waals surface area contributed by atoms with Crippen molar-refractivity contribution >= 4 is 27.6 Å². The molecule has 3 aromatic carbocycles. The predicted octanol–water partition coefficient (Wildman–Crippen LogP) is 3.83. The van der Waals surface area contributed by atoms with E-state index in [1.165, 1.54) is 31.4 Å². The lowest BCUT2D eigenvalue weighted by Gasteiger charge is -2.18. The van der Waals surface area contributed by atoms with Crippen molar-refractivity contribution in [1.82, 2.24) is 5.32 Å². The fourth-order valence-corrected chi connectivity index (χ4v) is 4.17. The maximum Gasteiger partial charge on any atom is 0.307 e. The van der Waals surface area contributed by atoms with E-state index in [0.717, 1.165) is 11.1 Å². The fraction of sp³-hybridized carbons (Fsp3) is 0.167. The topological polar surface area (TPSA) is 102 Å². The van der Waals surface area contributed by atoms with Crippen LogP contribution in [0, 0.1) is 6.92 Å². The molecule has 0 spiro atoms. The summed E-state index contributed by atoms with van der Waals surface area (Å²) in [5.74, 6) is -0.979. The lowest BCUT2D eigenvalue weighted by atomic mass is 10.0. The fourth-order valence-electron chi connectivity index (χ4n) is 3.07. The molecule has 8 heteroatoms. The number of sulfonamides is 1. The molecule has 0 aromatic heterocycles. The molecule has 0 aliphatic rings. The molecule has 0 fully saturated rings. The molecule has 0 aliphatic heterocycles. The second kappa shape index (κ2) is 10.1. The van der Waals surface area contributed by atoms with Crippen LogP contribution in [0.5, 0.6) is 0 Å². The van der Waals surface area contributed by atoms with Crippen LogP contribution in [-0.4, -0.2) is 27.4 Å². The molecule has 166 valence electrons. The summed E-state index contributed by atoms with van der Waals surface area (Å²) in [5.41, 5.74) is 2.32. The molecule has 3 aromatic rings. The number of hydrogen-bond acceptors (Lipinski definition) is 5. The van der Waals surface area contributed by atoms with Crippen molar-refractivity contribution in [2.24, 2.45) is 0 Å². The number of rotatable bonds is 8. The van der Waals surface area contributed by atoms with Gasteiger partial charge in [-0.05, 0) is 42.8 Å². The summed E-state index contributed by atoms with van der Waals surface area (Å²) in [4.78, 5) is 24.7. The zero-order chi connectivity index (χ0) is 23.1. The van der Waals surface area contributed by atoms with E-state index in [1.54, 1.807) is 48.5 Å². The number of benzene rings is 3. The number of esters is 1. The van der Waals surface area contributed by atoms with Gasteiger partial charge in [0.2, 0.25) is 0 Å². The van der Waals surface area contributed by atoms with Crippen LogP contribution in [-0.2, 0) is 19.6 Å². The molecule has 0 saturated carbocycles. The van der Waals surface area contributed by atoms with E-state index < -0.39 is 27.9 Å². The van der Waals surface area contributed by atoms with Gasteiger partial charge >= 0.3 is 5.97 Å². The number of ether oxygens (including phenoxy) is 1. The lowest BCUT2D eigenvalue weighted by Crippen LogP contribution is -2.30. The molecule has 7 nitrogen and oxygen atoms in total. The molecule has 1 atom stereocenters. The Kier molecular flexibility index (Phi) is 7.27. The largest absolute Gasteiger partial charge is 0.469 e. The predicted molar refractivity (Wildman–Crippen MR) is 122 cm³/mol. The van der Waals surface area contributed by atoms with Gasteiger partial charge in [0, 0.05) is 11.3 Å². The Labute approximate surface area is 187 Å². The van der Waals surface area contributed by atoms with Crippen LogP contribution >= 0.6 is 0 Å². The third-order valence-electron chi connectivity index (χ3n) is 4.82.